The molecule has 0 bridgehead atoms. The average Bonchev–Trinajstić information content (AvgIpc) is 3.36. The van der Waals surface area contributed by atoms with Gasteiger partial charge in [0.15, 0.2) is 13.2 Å². The van der Waals surface area contributed by atoms with Crippen LogP contribution in [0.15, 0.2) is 36.5 Å². The lowest BCUT2D eigenvalue weighted by molar-refractivity contribution is -0.120. The Morgan fingerprint density at radius 1 is 1.11 bits per heavy atom. The highest BCUT2D eigenvalue weighted by Gasteiger charge is 2.20. The van der Waals surface area contributed by atoms with E-state index in [1.165, 1.54) is 24.3 Å². The smallest absolute Gasteiger partial charge is 0.338 e. The number of anilines is 1. The molecule has 9 nitrogen and oxygen atoms in total. The Labute approximate surface area is 161 Å². The maximum absolute atomic E-state index is 12.1. The summed E-state index contributed by atoms with van der Waals surface area (Å²) in [6, 6.07) is 8.00. The van der Waals surface area contributed by atoms with E-state index in [0.29, 0.717) is 17.6 Å². The summed E-state index contributed by atoms with van der Waals surface area (Å²) < 4.78 is 12.0. The second-order valence-corrected chi connectivity index (χ2v) is 6.50. The summed E-state index contributed by atoms with van der Waals surface area (Å²) in [6.45, 7) is -0.657. The lowest BCUT2D eigenvalue weighted by Gasteiger charge is -2.14. The van der Waals surface area contributed by atoms with Gasteiger partial charge in [0.25, 0.3) is 11.8 Å². The maximum atomic E-state index is 12.1. The standard InChI is InChI=1S/C19H22N4O5/c20-16(24)11-27-15-7-5-13(6-8-15)19(26)28-12-18(25)22-17-9-10-21-23(17)14-3-1-2-4-14/h5-10,14H,1-4,11-12H2,(H2,20,24)(H,22,25). The first-order valence-electron chi connectivity index (χ1n) is 9.04. The van der Waals surface area contributed by atoms with Crippen molar-refractivity contribution in [2.45, 2.75) is 31.7 Å². The van der Waals surface area contributed by atoms with E-state index in [1.54, 1.807) is 12.3 Å². The number of amides is 2. The molecule has 0 saturated heterocycles. The van der Waals surface area contributed by atoms with Crippen LogP contribution in [-0.4, -0.2) is 40.8 Å². The predicted octanol–water partition coefficient (Wildman–Crippen LogP) is 1.66. The summed E-state index contributed by atoms with van der Waals surface area (Å²) in [5, 5.41) is 7.01. The Hall–Kier alpha value is -3.36. The summed E-state index contributed by atoms with van der Waals surface area (Å²) in [6.07, 6.45) is 6.03. The SMILES string of the molecule is NC(=O)COc1ccc(C(=O)OCC(=O)Nc2ccnn2C2CCCC2)cc1. The van der Waals surface area contributed by atoms with Gasteiger partial charge in [0.05, 0.1) is 17.8 Å². The Bertz CT molecular complexity index is 840. The van der Waals surface area contributed by atoms with Crippen LogP contribution >= 0.6 is 0 Å². The predicted molar refractivity (Wildman–Crippen MR) is 99.8 cm³/mol. The van der Waals surface area contributed by atoms with Crippen molar-refractivity contribution < 1.29 is 23.9 Å². The zero-order valence-corrected chi connectivity index (χ0v) is 15.3. The van der Waals surface area contributed by atoms with Crippen molar-refractivity contribution in [2.75, 3.05) is 18.5 Å². The Morgan fingerprint density at radius 2 is 1.82 bits per heavy atom. The minimum atomic E-state index is -0.638. The zero-order valence-electron chi connectivity index (χ0n) is 15.3. The van der Waals surface area contributed by atoms with Crippen molar-refractivity contribution >= 4 is 23.6 Å². The third-order valence-electron chi connectivity index (χ3n) is 4.41. The van der Waals surface area contributed by atoms with Crippen LogP contribution in [-0.2, 0) is 14.3 Å². The lowest BCUT2D eigenvalue weighted by atomic mass is 10.2. The molecule has 148 valence electrons. The molecule has 2 amide bonds. The molecule has 28 heavy (non-hydrogen) atoms. The van der Waals surface area contributed by atoms with Gasteiger partial charge in [-0.05, 0) is 37.1 Å². The monoisotopic (exact) mass is 386 g/mol. The highest BCUT2D eigenvalue weighted by molar-refractivity contribution is 5.95. The number of hydrogen-bond acceptors (Lipinski definition) is 6. The summed E-state index contributed by atoms with van der Waals surface area (Å²) in [4.78, 5) is 34.9. The van der Waals surface area contributed by atoms with E-state index in [9.17, 15) is 14.4 Å². The topological polar surface area (TPSA) is 126 Å². The quantitative estimate of drug-likeness (QED) is 0.665. The molecule has 1 aliphatic carbocycles. The number of benzene rings is 1. The number of hydrogen-bond donors (Lipinski definition) is 2. The normalized spacial score (nSPS) is 13.9. The van der Waals surface area contributed by atoms with Crippen molar-refractivity contribution in [3.8, 4) is 5.75 Å². The van der Waals surface area contributed by atoms with Crippen LogP contribution in [0.4, 0.5) is 5.82 Å². The minimum absolute atomic E-state index is 0.249. The number of nitrogens with two attached hydrogens (primary N) is 1. The van der Waals surface area contributed by atoms with E-state index in [-0.39, 0.29) is 12.2 Å². The van der Waals surface area contributed by atoms with Crippen LogP contribution in [0.1, 0.15) is 42.1 Å². The van der Waals surface area contributed by atoms with Crippen LogP contribution in [0.5, 0.6) is 5.75 Å². The summed E-state index contributed by atoms with van der Waals surface area (Å²) in [5.74, 6) is -0.670. The highest BCUT2D eigenvalue weighted by atomic mass is 16.5. The van der Waals surface area contributed by atoms with E-state index in [2.05, 4.69) is 10.4 Å². The molecule has 1 aromatic heterocycles. The van der Waals surface area contributed by atoms with Crippen molar-refractivity contribution in [3.63, 3.8) is 0 Å². The Kier molecular flexibility index (Phi) is 6.25. The summed E-state index contributed by atoms with van der Waals surface area (Å²) in [7, 11) is 0. The van der Waals surface area contributed by atoms with Crippen LogP contribution in [0, 0.1) is 0 Å². The third-order valence-corrected chi connectivity index (χ3v) is 4.41. The highest BCUT2D eigenvalue weighted by Crippen LogP contribution is 2.31. The number of nitrogens with one attached hydrogen (secondary N) is 1. The lowest BCUT2D eigenvalue weighted by Crippen LogP contribution is -2.23. The number of rotatable bonds is 8. The molecule has 0 unspecified atom stereocenters. The van der Waals surface area contributed by atoms with Gasteiger partial charge in [-0.25, -0.2) is 9.48 Å². The Balaban J connectivity index is 1.48. The van der Waals surface area contributed by atoms with E-state index in [4.69, 9.17) is 15.2 Å². The molecule has 0 radical (unpaired) electrons. The molecular formula is C19H22N4O5. The van der Waals surface area contributed by atoms with E-state index in [1.807, 2.05) is 4.68 Å². The number of esters is 1. The minimum Gasteiger partial charge on any atom is -0.484 e. The number of primary amides is 1. The van der Waals surface area contributed by atoms with Crippen LogP contribution in [0.2, 0.25) is 0 Å². The number of nitrogens with zero attached hydrogens (tertiary/aromatic N) is 2. The second kappa shape index (κ2) is 9.03. The first kappa shape index (κ1) is 19.4. The summed E-state index contributed by atoms with van der Waals surface area (Å²) >= 11 is 0. The van der Waals surface area contributed by atoms with Gasteiger partial charge in [-0.1, -0.05) is 12.8 Å². The molecule has 2 aromatic rings. The molecule has 0 atom stereocenters. The van der Waals surface area contributed by atoms with Crippen molar-refractivity contribution in [1.82, 2.24) is 9.78 Å². The average molecular weight is 386 g/mol. The molecule has 9 heteroatoms. The van der Waals surface area contributed by atoms with Crippen molar-refractivity contribution in [3.05, 3.63) is 42.1 Å². The molecule has 1 saturated carbocycles. The molecule has 0 spiro atoms. The number of carbonyl (C=O) groups excluding carboxylic acids is 3. The largest absolute Gasteiger partial charge is 0.484 e. The molecule has 0 aliphatic heterocycles. The van der Waals surface area contributed by atoms with Gasteiger partial charge >= 0.3 is 5.97 Å². The molecule has 3 N–H and O–H groups in total. The molecular weight excluding hydrogens is 364 g/mol. The zero-order chi connectivity index (χ0) is 19.9. The first-order valence-corrected chi connectivity index (χ1v) is 9.04. The maximum Gasteiger partial charge on any atom is 0.338 e. The number of ether oxygens (including phenoxy) is 2. The Morgan fingerprint density at radius 3 is 2.50 bits per heavy atom. The molecule has 1 aromatic carbocycles. The summed E-state index contributed by atoms with van der Waals surface area (Å²) in [5.41, 5.74) is 5.26. The fraction of sp³-hybridized carbons (Fsp3) is 0.368. The second-order valence-electron chi connectivity index (χ2n) is 6.50. The van der Waals surface area contributed by atoms with Gasteiger partial charge in [0, 0.05) is 6.07 Å². The van der Waals surface area contributed by atoms with Crippen LogP contribution < -0.4 is 15.8 Å². The molecule has 3 rings (SSSR count). The molecule has 1 heterocycles. The van der Waals surface area contributed by atoms with Gasteiger partial charge in [-0.2, -0.15) is 5.10 Å². The van der Waals surface area contributed by atoms with E-state index in [0.717, 1.165) is 25.7 Å². The van der Waals surface area contributed by atoms with Crippen molar-refractivity contribution in [2.24, 2.45) is 5.73 Å². The van der Waals surface area contributed by atoms with Gasteiger partial charge in [0.2, 0.25) is 0 Å². The van der Waals surface area contributed by atoms with Crippen molar-refractivity contribution in [1.29, 1.82) is 0 Å². The van der Waals surface area contributed by atoms with Gasteiger partial charge in [0.1, 0.15) is 11.6 Å². The molecule has 1 aliphatic rings. The fourth-order valence-corrected chi connectivity index (χ4v) is 3.09. The van der Waals surface area contributed by atoms with Gasteiger partial charge < -0.3 is 20.5 Å². The van der Waals surface area contributed by atoms with Gasteiger partial charge in [-0.3, -0.25) is 9.59 Å². The van der Waals surface area contributed by atoms with Gasteiger partial charge in [-0.15, -0.1) is 0 Å². The van der Waals surface area contributed by atoms with Crippen LogP contribution in [0.3, 0.4) is 0 Å². The van der Waals surface area contributed by atoms with E-state index < -0.39 is 24.4 Å². The fourth-order valence-electron chi connectivity index (χ4n) is 3.09. The number of aromatic nitrogens is 2. The third kappa shape index (κ3) is 5.09. The number of carbonyl (C=O) groups is 3. The van der Waals surface area contributed by atoms with Crippen LogP contribution in [0.25, 0.3) is 0 Å². The van der Waals surface area contributed by atoms with E-state index >= 15 is 0 Å². The molecule has 1 fully saturated rings. The first-order chi connectivity index (χ1) is 13.5.